The van der Waals surface area contributed by atoms with Crippen LogP contribution in [0.3, 0.4) is 0 Å². The molecule has 0 bridgehead atoms. The van der Waals surface area contributed by atoms with E-state index in [0.29, 0.717) is 18.9 Å². The predicted octanol–water partition coefficient (Wildman–Crippen LogP) is 2.92. The molecule has 1 aromatic carbocycles. The fraction of sp³-hybridized carbons (Fsp3) is 0.533. The van der Waals surface area contributed by atoms with E-state index in [1.165, 1.54) is 0 Å². The number of nitrogens with one attached hydrogen (secondary N) is 1. The van der Waals surface area contributed by atoms with E-state index in [9.17, 15) is 4.79 Å². The number of carbonyl (C=O) groups is 1. The lowest BCUT2D eigenvalue weighted by molar-refractivity contribution is 0.0982. The summed E-state index contributed by atoms with van der Waals surface area (Å²) in [6, 6.07) is 3.94. The Morgan fingerprint density at radius 1 is 1.39 bits per heavy atom. The summed E-state index contributed by atoms with van der Waals surface area (Å²) >= 11 is 0. The molecule has 3 heteroatoms. The summed E-state index contributed by atoms with van der Waals surface area (Å²) in [4.78, 5) is 12.1. The highest BCUT2D eigenvalue weighted by Gasteiger charge is 2.15. The molecule has 0 aliphatic carbocycles. The van der Waals surface area contributed by atoms with Crippen molar-refractivity contribution in [3.8, 4) is 5.75 Å². The Morgan fingerprint density at radius 2 is 2.06 bits per heavy atom. The van der Waals surface area contributed by atoms with Crippen molar-refractivity contribution in [2.45, 2.75) is 33.1 Å². The van der Waals surface area contributed by atoms with Gasteiger partial charge in [0.1, 0.15) is 5.75 Å². The van der Waals surface area contributed by atoms with Crippen LogP contribution in [0.5, 0.6) is 5.75 Å². The minimum Gasteiger partial charge on any atom is -0.496 e. The highest BCUT2D eigenvalue weighted by Crippen LogP contribution is 2.30. The molecule has 100 valence electrons. The molecule has 0 amide bonds. The van der Waals surface area contributed by atoms with Crippen molar-refractivity contribution in [2.75, 3.05) is 20.7 Å². The molecule has 1 aromatic rings. The maximum Gasteiger partial charge on any atom is 0.164 e. The van der Waals surface area contributed by atoms with Crippen molar-refractivity contribution < 1.29 is 9.53 Å². The average molecular weight is 249 g/mol. The Balaban J connectivity index is 3.13. The van der Waals surface area contributed by atoms with Gasteiger partial charge < -0.3 is 10.1 Å². The first-order chi connectivity index (χ1) is 8.51. The van der Waals surface area contributed by atoms with Crippen LogP contribution in [0, 0.1) is 6.92 Å². The molecular formula is C15H23NO2. The lowest BCUT2D eigenvalue weighted by Gasteiger charge is -2.15. The second-order valence-electron chi connectivity index (χ2n) is 4.84. The zero-order valence-corrected chi connectivity index (χ0v) is 12.0. The van der Waals surface area contributed by atoms with Gasteiger partial charge in [0, 0.05) is 18.5 Å². The normalized spacial score (nSPS) is 10.8. The molecular weight excluding hydrogens is 226 g/mol. The van der Waals surface area contributed by atoms with Gasteiger partial charge in [-0.3, -0.25) is 4.79 Å². The van der Waals surface area contributed by atoms with E-state index in [4.69, 9.17) is 4.74 Å². The Kier molecular flexibility index (Phi) is 5.35. The number of methoxy groups -OCH3 is 1. The van der Waals surface area contributed by atoms with Crippen molar-refractivity contribution in [1.82, 2.24) is 5.32 Å². The molecule has 0 aliphatic rings. The zero-order valence-electron chi connectivity index (χ0n) is 12.0. The largest absolute Gasteiger partial charge is 0.496 e. The van der Waals surface area contributed by atoms with Crippen LogP contribution in [-0.4, -0.2) is 26.5 Å². The molecule has 0 saturated heterocycles. The number of hydrogen-bond acceptors (Lipinski definition) is 3. The quantitative estimate of drug-likeness (QED) is 0.788. The molecule has 3 nitrogen and oxygen atoms in total. The molecule has 0 radical (unpaired) electrons. The first kappa shape index (κ1) is 14.7. The molecule has 0 spiro atoms. The van der Waals surface area contributed by atoms with Crippen LogP contribution in [-0.2, 0) is 0 Å². The van der Waals surface area contributed by atoms with Crippen molar-refractivity contribution in [2.24, 2.45) is 0 Å². The van der Waals surface area contributed by atoms with E-state index in [0.717, 1.165) is 22.4 Å². The topological polar surface area (TPSA) is 38.3 Å². The molecule has 0 atom stereocenters. The van der Waals surface area contributed by atoms with E-state index in [1.807, 2.05) is 26.1 Å². The van der Waals surface area contributed by atoms with Gasteiger partial charge in [-0.2, -0.15) is 0 Å². The predicted molar refractivity (Wildman–Crippen MR) is 74.7 cm³/mol. The highest BCUT2D eigenvalue weighted by molar-refractivity contribution is 5.98. The first-order valence-electron chi connectivity index (χ1n) is 6.37. The van der Waals surface area contributed by atoms with Crippen molar-refractivity contribution in [1.29, 1.82) is 0 Å². The molecule has 0 aromatic heterocycles. The Labute approximate surface area is 110 Å². The van der Waals surface area contributed by atoms with Gasteiger partial charge in [-0.05, 0) is 43.1 Å². The number of rotatable bonds is 6. The van der Waals surface area contributed by atoms with E-state index in [1.54, 1.807) is 7.11 Å². The maximum absolute atomic E-state index is 12.1. The van der Waals surface area contributed by atoms with Crippen LogP contribution in [0.2, 0.25) is 0 Å². The van der Waals surface area contributed by atoms with Crippen molar-refractivity contribution in [3.63, 3.8) is 0 Å². The van der Waals surface area contributed by atoms with E-state index in [2.05, 4.69) is 19.2 Å². The molecule has 1 N–H and O–H groups in total. The van der Waals surface area contributed by atoms with Crippen LogP contribution in [0.1, 0.15) is 47.7 Å². The summed E-state index contributed by atoms with van der Waals surface area (Å²) in [6.07, 6.45) is 0.529. The van der Waals surface area contributed by atoms with Crippen LogP contribution < -0.4 is 10.1 Å². The summed E-state index contributed by atoms with van der Waals surface area (Å²) in [5.74, 6) is 1.40. The third-order valence-electron chi connectivity index (χ3n) is 3.10. The summed E-state index contributed by atoms with van der Waals surface area (Å²) in [7, 11) is 3.52. The fourth-order valence-corrected chi connectivity index (χ4v) is 2.00. The first-order valence-corrected chi connectivity index (χ1v) is 6.37. The minimum absolute atomic E-state index is 0.186. The number of carbonyl (C=O) groups excluding carboxylic acids is 1. The van der Waals surface area contributed by atoms with E-state index < -0.39 is 0 Å². The van der Waals surface area contributed by atoms with Crippen molar-refractivity contribution >= 4 is 5.78 Å². The Bertz CT molecular complexity index is 425. The molecule has 0 aliphatic heterocycles. The average Bonchev–Trinajstić information content (AvgIpc) is 2.34. The number of aryl methyl sites for hydroxylation is 1. The minimum atomic E-state index is 0.186. The van der Waals surface area contributed by atoms with Crippen LogP contribution in [0.4, 0.5) is 0 Å². The molecule has 0 fully saturated rings. The Morgan fingerprint density at radius 3 is 2.56 bits per heavy atom. The molecule has 0 unspecified atom stereocenters. The maximum atomic E-state index is 12.1. The van der Waals surface area contributed by atoms with Crippen molar-refractivity contribution in [3.05, 3.63) is 28.8 Å². The third-order valence-corrected chi connectivity index (χ3v) is 3.10. The smallest absolute Gasteiger partial charge is 0.164 e. The van der Waals surface area contributed by atoms with Gasteiger partial charge in [0.05, 0.1) is 7.11 Å². The van der Waals surface area contributed by atoms with Gasteiger partial charge >= 0.3 is 0 Å². The third kappa shape index (κ3) is 3.33. The second kappa shape index (κ2) is 6.55. The zero-order chi connectivity index (χ0) is 13.7. The van der Waals surface area contributed by atoms with Gasteiger partial charge in [-0.15, -0.1) is 0 Å². The second-order valence-corrected chi connectivity index (χ2v) is 4.84. The van der Waals surface area contributed by atoms with Gasteiger partial charge in [0.25, 0.3) is 0 Å². The monoisotopic (exact) mass is 249 g/mol. The summed E-state index contributed by atoms with van der Waals surface area (Å²) in [5.41, 5.74) is 2.89. The lowest BCUT2D eigenvalue weighted by atomic mass is 9.94. The number of hydrogen-bond donors (Lipinski definition) is 1. The van der Waals surface area contributed by atoms with Gasteiger partial charge in [0.2, 0.25) is 0 Å². The van der Waals surface area contributed by atoms with Crippen LogP contribution in [0.25, 0.3) is 0 Å². The fourth-order valence-electron chi connectivity index (χ4n) is 2.00. The number of Topliss-reactive ketones (excluding diaryl/α,β-unsaturated/α-hetero) is 1. The molecule has 1 rings (SSSR count). The molecule has 18 heavy (non-hydrogen) atoms. The van der Waals surface area contributed by atoms with E-state index >= 15 is 0 Å². The number of ether oxygens (including phenoxy) is 1. The van der Waals surface area contributed by atoms with Crippen LogP contribution in [0.15, 0.2) is 12.1 Å². The number of ketones is 1. The van der Waals surface area contributed by atoms with Gasteiger partial charge in [-0.1, -0.05) is 13.8 Å². The summed E-state index contributed by atoms with van der Waals surface area (Å²) in [6.45, 7) is 6.88. The van der Waals surface area contributed by atoms with Crippen LogP contribution >= 0.6 is 0 Å². The SMILES string of the molecule is CNCCC(=O)c1cc(C(C)C)c(OC)cc1C. The van der Waals surface area contributed by atoms with E-state index in [-0.39, 0.29) is 5.78 Å². The Hall–Kier alpha value is -1.35. The lowest BCUT2D eigenvalue weighted by Crippen LogP contribution is -2.14. The standard InChI is InChI=1S/C15H23NO2/c1-10(2)12-9-13(14(17)6-7-16-4)11(3)8-15(12)18-5/h8-10,16H,6-7H2,1-5H3. The van der Waals surface area contributed by atoms with Gasteiger partial charge in [-0.25, -0.2) is 0 Å². The van der Waals surface area contributed by atoms with Gasteiger partial charge in [0.15, 0.2) is 5.78 Å². The summed E-state index contributed by atoms with van der Waals surface area (Å²) in [5, 5.41) is 3.00. The molecule has 0 saturated carbocycles. The summed E-state index contributed by atoms with van der Waals surface area (Å²) < 4.78 is 5.38. The number of benzene rings is 1. The highest BCUT2D eigenvalue weighted by atomic mass is 16.5. The molecule has 0 heterocycles.